The Hall–Kier alpha value is -2.75. The Morgan fingerprint density at radius 2 is 1.63 bits per heavy atom. The van der Waals surface area contributed by atoms with Gasteiger partial charge in [-0.05, 0) is 36.4 Å². The van der Waals surface area contributed by atoms with Crippen molar-refractivity contribution in [3.05, 3.63) is 65.0 Å². The zero-order valence-electron chi connectivity index (χ0n) is 16.2. The van der Waals surface area contributed by atoms with E-state index in [0.717, 1.165) is 5.56 Å². The summed E-state index contributed by atoms with van der Waals surface area (Å²) in [6.45, 7) is 2.81. The van der Waals surface area contributed by atoms with Crippen LogP contribution in [0.4, 0.5) is 0 Å². The van der Waals surface area contributed by atoms with Gasteiger partial charge in [0.25, 0.3) is 5.91 Å². The molecule has 10 heteroatoms. The highest BCUT2D eigenvalue weighted by atomic mass is 35.5. The van der Waals surface area contributed by atoms with Gasteiger partial charge in [-0.1, -0.05) is 28.9 Å². The molecule has 156 valence electrons. The fraction of sp³-hybridized carbons (Fsp3) is 0.250. The molecular weight excluding hydrogens is 428 g/mol. The summed E-state index contributed by atoms with van der Waals surface area (Å²) in [6.07, 6.45) is 0. The number of nitrogens with zero attached hydrogens (tertiary/aromatic N) is 4. The summed E-state index contributed by atoms with van der Waals surface area (Å²) >= 11 is 5.84. The van der Waals surface area contributed by atoms with E-state index >= 15 is 0 Å². The number of sulfonamides is 1. The summed E-state index contributed by atoms with van der Waals surface area (Å²) in [5, 5.41) is 4.34. The molecule has 1 fully saturated rings. The minimum absolute atomic E-state index is 0.144. The molecule has 0 aliphatic carbocycles. The van der Waals surface area contributed by atoms with Crippen LogP contribution in [0.25, 0.3) is 11.4 Å². The van der Waals surface area contributed by atoms with E-state index in [1.54, 1.807) is 48.2 Å². The number of piperazine rings is 1. The van der Waals surface area contributed by atoms with Crippen molar-refractivity contribution >= 4 is 27.5 Å². The molecule has 0 spiro atoms. The molecule has 2 aromatic carbocycles. The Morgan fingerprint density at radius 3 is 2.20 bits per heavy atom. The van der Waals surface area contributed by atoms with Crippen LogP contribution in [0, 0.1) is 6.92 Å². The average molecular weight is 447 g/mol. The summed E-state index contributed by atoms with van der Waals surface area (Å²) in [7, 11) is -3.61. The highest BCUT2D eigenvalue weighted by molar-refractivity contribution is 7.89. The minimum Gasteiger partial charge on any atom is -0.339 e. The second-order valence-electron chi connectivity index (χ2n) is 6.86. The average Bonchev–Trinajstić information content (AvgIpc) is 3.20. The number of hydrogen-bond donors (Lipinski definition) is 0. The first-order valence-electron chi connectivity index (χ1n) is 9.30. The summed E-state index contributed by atoms with van der Waals surface area (Å²) in [4.78, 5) is 18.8. The molecule has 0 radical (unpaired) electrons. The third-order valence-electron chi connectivity index (χ3n) is 4.89. The van der Waals surface area contributed by atoms with Crippen molar-refractivity contribution in [3.63, 3.8) is 0 Å². The van der Waals surface area contributed by atoms with Gasteiger partial charge in [0, 0.05) is 49.3 Å². The van der Waals surface area contributed by atoms with E-state index in [9.17, 15) is 13.2 Å². The highest BCUT2D eigenvalue weighted by Crippen LogP contribution is 2.21. The second kappa shape index (κ2) is 8.17. The van der Waals surface area contributed by atoms with E-state index in [1.165, 1.54) is 16.4 Å². The SMILES string of the molecule is Cc1nc(-c2ccc(C(=O)N3CCN(S(=O)(=O)c4ccc(Cl)cc4)CC3)cc2)no1. The number of aromatic nitrogens is 2. The first kappa shape index (κ1) is 20.5. The molecule has 0 bridgehead atoms. The Morgan fingerprint density at radius 1 is 1.00 bits per heavy atom. The van der Waals surface area contributed by atoms with Gasteiger partial charge in [-0.25, -0.2) is 8.42 Å². The van der Waals surface area contributed by atoms with Crippen molar-refractivity contribution in [2.45, 2.75) is 11.8 Å². The lowest BCUT2D eigenvalue weighted by molar-refractivity contribution is 0.0698. The van der Waals surface area contributed by atoms with E-state index in [-0.39, 0.29) is 23.9 Å². The van der Waals surface area contributed by atoms with Crippen LogP contribution in [0.3, 0.4) is 0 Å². The Bertz CT molecular complexity index is 1150. The van der Waals surface area contributed by atoms with Crippen LogP contribution < -0.4 is 0 Å². The van der Waals surface area contributed by atoms with Gasteiger partial charge >= 0.3 is 0 Å². The molecule has 2 heterocycles. The van der Waals surface area contributed by atoms with Crippen molar-refractivity contribution in [1.29, 1.82) is 0 Å². The lowest BCUT2D eigenvalue weighted by atomic mass is 10.1. The topological polar surface area (TPSA) is 96.6 Å². The molecule has 0 saturated carbocycles. The molecule has 0 atom stereocenters. The van der Waals surface area contributed by atoms with Crippen LogP contribution in [0.2, 0.25) is 5.02 Å². The second-order valence-corrected chi connectivity index (χ2v) is 9.24. The predicted octanol–water partition coefficient (Wildman–Crippen LogP) is 2.85. The van der Waals surface area contributed by atoms with Crippen molar-refractivity contribution < 1.29 is 17.7 Å². The van der Waals surface area contributed by atoms with Gasteiger partial charge in [-0.2, -0.15) is 9.29 Å². The van der Waals surface area contributed by atoms with Crippen LogP contribution in [0.1, 0.15) is 16.2 Å². The first-order chi connectivity index (χ1) is 14.3. The molecule has 1 aliphatic heterocycles. The van der Waals surface area contributed by atoms with Crippen LogP contribution in [0.5, 0.6) is 0 Å². The molecule has 1 aromatic heterocycles. The number of carbonyl (C=O) groups excluding carboxylic acids is 1. The molecule has 30 heavy (non-hydrogen) atoms. The molecule has 1 saturated heterocycles. The number of aryl methyl sites for hydroxylation is 1. The number of carbonyl (C=O) groups is 1. The Kier molecular flexibility index (Phi) is 5.59. The third-order valence-corrected chi connectivity index (χ3v) is 7.06. The van der Waals surface area contributed by atoms with Gasteiger partial charge in [-0.15, -0.1) is 0 Å². The van der Waals surface area contributed by atoms with Gasteiger partial charge in [0.15, 0.2) is 0 Å². The van der Waals surface area contributed by atoms with Gasteiger partial charge in [0.05, 0.1) is 4.90 Å². The van der Waals surface area contributed by atoms with Gasteiger partial charge < -0.3 is 9.42 Å². The molecule has 0 unspecified atom stereocenters. The van der Waals surface area contributed by atoms with Gasteiger partial charge in [0.2, 0.25) is 21.7 Å². The Balaban J connectivity index is 1.41. The van der Waals surface area contributed by atoms with Crippen molar-refractivity contribution in [3.8, 4) is 11.4 Å². The number of amides is 1. The van der Waals surface area contributed by atoms with E-state index < -0.39 is 10.0 Å². The molecule has 0 N–H and O–H groups in total. The standard InChI is InChI=1S/C20H19ClN4O4S/c1-14-22-19(23-29-14)15-2-4-16(5-3-15)20(26)24-10-12-25(13-11-24)30(27,28)18-8-6-17(21)7-9-18/h2-9H,10-13H2,1H3. The van der Waals surface area contributed by atoms with Crippen LogP contribution >= 0.6 is 11.6 Å². The maximum Gasteiger partial charge on any atom is 0.253 e. The van der Waals surface area contributed by atoms with E-state index in [4.69, 9.17) is 16.1 Å². The molecule has 8 nitrogen and oxygen atoms in total. The zero-order chi connectivity index (χ0) is 21.3. The fourth-order valence-electron chi connectivity index (χ4n) is 3.25. The zero-order valence-corrected chi connectivity index (χ0v) is 17.7. The summed E-state index contributed by atoms with van der Waals surface area (Å²) in [5.41, 5.74) is 1.27. The van der Waals surface area contributed by atoms with Crippen LogP contribution in [-0.4, -0.2) is 59.8 Å². The van der Waals surface area contributed by atoms with Crippen LogP contribution in [-0.2, 0) is 10.0 Å². The fourth-order valence-corrected chi connectivity index (χ4v) is 4.80. The number of rotatable bonds is 4. The van der Waals surface area contributed by atoms with E-state index in [1.807, 2.05) is 0 Å². The molecule has 3 aromatic rings. The van der Waals surface area contributed by atoms with E-state index in [0.29, 0.717) is 35.4 Å². The molecule has 1 aliphatic rings. The largest absolute Gasteiger partial charge is 0.339 e. The highest BCUT2D eigenvalue weighted by Gasteiger charge is 2.30. The number of hydrogen-bond acceptors (Lipinski definition) is 6. The smallest absolute Gasteiger partial charge is 0.253 e. The summed E-state index contributed by atoms with van der Waals surface area (Å²) in [5.74, 6) is 0.790. The summed E-state index contributed by atoms with van der Waals surface area (Å²) < 4.78 is 31.9. The van der Waals surface area contributed by atoms with Crippen molar-refractivity contribution in [2.24, 2.45) is 0 Å². The maximum absolute atomic E-state index is 12.8. The minimum atomic E-state index is -3.61. The third kappa shape index (κ3) is 4.09. The first-order valence-corrected chi connectivity index (χ1v) is 11.1. The summed E-state index contributed by atoms with van der Waals surface area (Å²) in [6, 6.07) is 13.0. The molecule has 4 rings (SSSR count). The predicted molar refractivity (Wildman–Crippen MR) is 111 cm³/mol. The van der Waals surface area contributed by atoms with Gasteiger partial charge in [-0.3, -0.25) is 4.79 Å². The molecular formula is C20H19ClN4O4S. The quantitative estimate of drug-likeness (QED) is 0.611. The van der Waals surface area contributed by atoms with Crippen molar-refractivity contribution in [1.82, 2.24) is 19.3 Å². The van der Waals surface area contributed by atoms with Crippen LogP contribution in [0.15, 0.2) is 57.9 Å². The number of benzene rings is 2. The monoisotopic (exact) mass is 446 g/mol. The maximum atomic E-state index is 12.8. The van der Waals surface area contributed by atoms with Crippen molar-refractivity contribution in [2.75, 3.05) is 26.2 Å². The lowest BCUT2D eigenvalue weighted by Gasteiger charge is -2.34. The number of halogens is 1. The molecule has 1 amide bonds. The Labute approximate surface area is 179 Å². The normalized spacial score (nSPS) is 15.3. The van der Waals surface area contributed by atoms with E-state index in [2.05, 4.69) is 10.1 Å². The van der Waals surface area contributed by atoms with Gasteiger partial charge in [0.1, 0.15) is 0 Å². The lowest BCUT2D eigenvalue weighted by Crippen LogP contribution is -2.50.